The van der Waals surface area contributed by atoms with Gasteiger partial charge < -0.3 is 4.74 Å². The number of nitrogens with zero attached hydrogens (tertiary/aromatic N) is 1. The predicted molar refractivity (Wildman–Crippen MR) is 48.6 cm³/mol. The Morgan fingerprint density at radius 2 is 2.09 bits per heavy atom. The lowest BCUT2D eigenvalue weighted by Crippen LogP contribution is -1.88. The first-order valence-electron chi connectivity index (χ1n) is 3.29. The van der Waals surface area contributed by atoms with Crippen LogP contribution in [0.2, 0.25) is 0 Å². The molecule has 0 spiro atoms. The van der Waals surface area contributed by atoms with Crippen molar-refractivity contribution >= 4 is 5.71 Å². The van der Waals surface area contributed by atoms with Crippen LogP contribution in [-0.2, 0) is 4.74 Å². The Balaban J connectivity index is 4.40. The third-order valence-electron chi connectivity index (χ3n) is 1.05. The van der Waals surface area contributed by atoms with E-state index >= 15 is 0 Å². The van der Waals surface area contributed by atoms with Gasteiger partial charge in [-0.1, -0.05) is 19.2 Å². The molecule has 0 aromatic rings. The molecule has 0 aromatic heterocycles. The summed E-state index contributed by atoms with van der Waals surface area (Å²) in [6.07, 6.45) is 4.97. The van der Waals surface area contributed by atoms with Gasteiger partial charge in [-0.2, -0.15) is 0 Å². The molecule has 0 saturated heterocycles. The predicted octanol–water partition coefficient (Wildman–Crippen LogP) is 2.31. The first kappa shape index (κ1) is 9.69. The van der Waals surface area contributed by atoms with Crippen molar-refractivity contribution in [1.82, 2.24) is 0 Å². The topological polar surface area (TPSA) is 21.6 Å². The van der Waals surface area contributed by atoms with E-state index < -0.39 is 0 Å². The van der Waals surface area contributed by atoms with Crippen molar-refractivity contribution in [2.24, 2.45) is 4.99 Å². The maximum atomic E-state index is 4.92. The van der Waals surface area contributed by atoms with Crippen LogP contribution in [-0.4, -0.2) is 12.8 Å². The van der Waals surface area contributed by atoms with E-state index in [1.165, 1.54) is 0 Å². The number of aliphatic imine (C=N–C) groups is 1. The fraction of sp³-hybridized carbons (Fsp3) is 0.222. The standard InChI is InChI=1S/C9H13NO/c1-5-7-9(11-4)10-8(3)6-2/h5-7H,1-2H2,3-4H3/b9-7+,10-8?. The summed E-state index contributed by atoms with van der Waals surface area (Å²) in [5.41, 5.74) is 0.819. The highest BCUT2D eigenvalue weighted by Crippen LogP contribution is 1.98. The van der Waals surface area contributed by atoms with E-state index in [0.717, 1.165) is 5.71 Å². The zero-order chi connectivity index (χ0) is 8.69. The summed E-state index contributed by atoms with van der Waals surface area (Å²) in [4.78, 5) is 4.07. The summed E-state index contributed by atoms with van der Waals surface area (Å²) >= 11 is 0. The summed E-state index contributed by atoms with van der Waals surface area (Å²) in [6.45, 7) is 8.95. The molecule has 0 bridgehead atoms. The zero-order valence-corrected chi connectivity index (χ0v) is 7.00. The Bertz CT molecular complexity index is 202. The average molecular weight is 151 g/mol. The first-order valence-corrected chi connectivity index (χ1v) is 3.29. The minimum Gasteiger partial charge on any atom is -0.481 e. The van der Waals surface area contributed by atoms with Crippen molar-refractivity contribution in [2.45, 2.75) is 6.92 Å². The van der Waals surface area contributed by atoms with Gasteiger partial charge in [0, 0.05) is 5.71 Å². The highest BCUT2D eigenvalue weighted by molar-refractivity contribution is 5.92. The van der Waals surface area contributed by atoms with E-state index in [-0.39, 0.29) is 0 Å². The van der Waals surface area contributed by atoms with Gasteiger partial charge in [-0.15, -0.1) is 0 Å². The number of hydrogen-bond acceptors (Lipinski definition) is 2. The molecule has 0 saturated carbocycles. The molecule has 0 rings (SSSR count). The summed E-state index contributed by atoms with van der Waals surface area (Å²) in [5, 5.41) is 0. The lowest BCUT2D eigenvalue weighted by molar-refractivity contribution is 0.289. The third kappa shape index (κ3) is 4.14. The van der Waals surface area contributed by atoms with Crippen LogP contribution in [0.3, 0.4) is 0 Å². The van der Waals surface area contributed by atoms with E-state index in [1.807, 2.05) is 6.92 Å². The molecule has 0 atom stereocenters. The minimum atomic E-state index is 0.539. The zero-order valence-electron chi connectivity index (χ0n) is 7.00. The van der Waals surface area contributed by atoms with Gasteiger partial charge in [0.1, 0.15) is 0 Å². The second kappa shape index (κ2) is 5.47. The van der Waals surface area contributed by atoms with Crippen molar-refractivity contribution in [3.05, 3.63) is 37.3 Å². The molecule has 0 radical (unpaired) electrons. The molecular formula is C9H13NO. The molecular weight excluding hydrogens is 138 g/mol. The maximum Gasteiger partial charge on any atom is 0.213 e. The molecule has 0 unspecified atom stereocenters. The Kier molecular flexibility index (Phi) is 4.82. The first-order chi connectivity index (χ1) is 5.24. The van der Waals surface area contributed by atoms with Gasteiger partial charge in [0.15, 0.2) is 0 Å². The molecule has 2 heteroatoms. The lowest BCUT2D eigenvalue weighted by Gasteiger charge is -1.97. The normalized spacial score (nSPS) is 12.5. The Morgan fingerprint density at radius 1 is 1.45 bits per heavy atom. The van der Waals surface area contributed by atoms with Crippen LogP contribution in [0.5, 0.6) is 0 Å². The van der Waals surface area contributed by atoms with E-state index in [4.69, 9.17) is 4.74 Å². The quantitative estimate of drug-likeness (QED) is 0.343. The highest BCUT2D eigenvalue weighted by Gasteiger charge is 1.88. The molecule has 0 heterocycles. The average Bonchev–Trinajstić information content (AvgIpc) is 2.03. The molecule has 2 nitrogen and oxygen atoms in total. The van der Waals surface area contributed by atoms with Gasteiger partial charge in [-0.25, -0.2) is 4.99 Å². The van der Waals surface area contributed by atoms with Crippen molar-refractivity contribution in [1.29, 1.82) is 0 Å². The molecule has 60 valence electrons. The number of hydrogen-bond donors (Lipinski definition) is 0. The van der Waals surface area contributed by atoms with Gasteiger partial charge in [0.05, 0.1) is 7.11 Å². The summed E-state index contributed by atoms with van der Waals surface area (Å²) < 4.78 is 4.92. The van der Waals surface area contributed by atoms with Crippen molar-refractivity contribution < 1.29 is 4.74 Å². The number of allylic oxidation sites excluding steroid dienone is 3. The van der Waals surface area contributed by atoms with Crippen LogP contribution in [0.4, 0.5) is 0 Å². The highest BCUT2D eigenvalue weighted by atomic mass is 16.5. The molecule has 11 heavy (non-hydrogen) atoms. The fourth-order valence-corrected chi connectivity index (χ4v) is 0.471. The van der Waals surface area contributed by atoms with Crippen molar-refractivity contribution in [3.63, 3.8) is 0 Å². The van der Waals surface area contributed by atoms with Crippen LogP contribution >= 0.6 is 0 Å². The number of ether oxygens (including phenoxy) is 1. The largest absolute Gasteiger partial charge is 0.481 e. The maximum absolute atomic E-state index is 4.92. The Labute approximate surface area is 67.6 Å². The fourth-order valence-electron chi connectivity index (χ4n) is 0.471. The van der Waals surface area contributed by atoms with Crippen LogP contribution in [0.1, 0.15) is 6.92 Å². The van der Waals surface area contributed by atoms with Gasteiger partial charge in [-0.3, -0.25) is 0 Å². The van der Waals surface area contributed by atoms with Crippen LogP contribution < -0.4 is 0 Å². The Morgan fingerprint density at radius 3 is 2.45 bits per heavy atom. The molecule has 0 aromatic carbocycles. The number of methoxy groups -OCH3 is 1. The lowest BCUT2D eigenvalue weighted by atomic mass is 10.4. The monoisotopic (exact) mass is 151 g/mol. The summed E-state index contributed by atoms with van der Waals surface area (Å²) in [7, 11) is 1.56. The van der Waals surface area contributed by atoms with E-state index in [2.05, 4.69) is 18.2 Å². The summed E-state index contributed by atoms with van der Waals surface area (Å²) in [5.74, 6) is 0.539. The molecule has 0 N–H and O–H groups in total. The smallest absolute Gasteiger partial charge is 0.213 e. The number of rotatable bonds is 4. The molecule has 0 aliphatic carbocycles. The second-order valence-corrected chi connectivity index (χ2v) is 1.90. The molecule has 0 aliphatic rings. The third-order valence-corrected chi connectivity index (χ3v) is 1.05. The van der Waals surface area contributed by atoms with Gasteiger partial charge >= 0.3 is 0 Å². The molecule has 0 fully saturated rings. The van der Waals surface area contributed by atoms with E-state index in [9.17, 15) is 0 Å². The van der Waals surface area contributed by atoms with Crippen LogP contribution in [0, 0.1) is 0 Å². The minimum absolute atomic E-state index is 0.539. The molecule has 0 aliphatic heterocycles. The Hall–Kier alpha value is -1.31. The van der Waals surface area contributed by atoms with Gasteiger partial charge in [0.25, 0.3) is 0 Å². The van der Waals surface area contributed by atoms with Crippen LogP contribution in [0.25, 0.3) is 0 Å². The van der Waals surface area contributed by atoms with Gasteiger partial charge in [-0.05, 0) is 19.1 Å². The van der Waals surface area contributed by atoms with Crippen LogP contribution in [0.15, 0.2) is 42.3 Å². The van der Waals surface area contributed by atoms with Crippen molar-refractivity contribution in [3.8, 4) is 0 Å². The van der Waals surface area contributed by atoms with E-state index in [1.54, 1.807) is 25.3 Å². The molecule has 0 amide bonds. The summed E-state index contributed by atoms with van der Waals surface area (Å²) in [6, 6.07) is 0. The van der Waals surface area contributed by atoms with E-state index in [0.29, 0.717) is 5.88 Å². The van der Waals surface area contributed by atoms with Gasteiger partial charge in [0.2, 0.25) is 5.88 Å². The SMILES string of the molecule is C=C/C=C(\N=C(C)C=C)OC. The second-order valence-electron chi connectivity index (χ2n) is 1.90. The van der Waals surface area contributed by atoms with Crippen molar-refractivity contribution in [2.75, 3.05) is 7.11 Å².